The first-order valence-corrected chi connectivity index (χ1v) is 10.4. The molecule has 1 aliphatic heterocycles. The maximum absolute atomic E-state index is 13.5. The average Bonchev–Trinajstić information content (AvgIpc) is 3.33. The highest BCUT2D eigenvalue weighted by Gasteiger charge is 2.60. The molecule has 0 bridgehead atoms. The number of rotatable bonds is 8. The van der Waals surface area contributed by atoms with Gasteiger partial charge in [0.15, 0.2) is 17.8 Å². The Bertz CT molecular complexity index is 1190. The third-order valence-corrected chi connectivity index (χ3v) is 5.32. The van der Waals surface area contributed by atoms with Gasteiger partial charge in [-0.05, 0) is 26.0 Å². The van der Waals surface area contributed by atoms with Crippen LogP contribution in [0, 0.1) is 0 Å². The number of aromatic amines is 1. The SMILES string of the molecule is CC(C)Nc1nc2c(ncn2[C@]2(C(=O)COc3ccccc3)O[C@H](CO)[C@@H](O)[C@H]2O)c(=O)[nH]1. The summed E-state index contributed by atoms with van der Waals surface area (Å²) in [6.45, 7) is 2.50. The minimum Gasteiger partial charge on any atom is -0.486 e. The number of hydrogen-bond acceptors (Lipinski definition) is 10. The van der Waals surface area contributed by atoms with Gasteiger partial charge in [-0.25, -0.2) is 4.98 Å². The number of Topliss-reactive ketones (excluding diaryl/α,β-unsaturated/α-hetero) is 1. The third kappa shape index (κ3) is 3.97. The van der Waals surface area contributed by atoms with E-state index in [9.17, 15) is 24.9 Å². The van der Waals surface area contributed by atoms with Crippen molar-refractivity contribution in [3.63, 3.8) is 0 Å². The Kier molecular flexibility index (Phi) is 6.17. The lowest BCUT2D eigenvalue weighted by Gasteiger charge is -2.32. The van der Waals surface area contributed by atoms with Crippen LogP contribution in [0.25, 0.3) is 11.2 Å². The molecule has 5 N–H and O–H groups in total. The molecule has 12 heteroatoms. The zero-order valence-electron chi connectivity index (χ0n) is 18.0. The van der Waals surface area contributed by atoms with Crippen LogP contribution in [0.15, 0.2) is 41.5 Å². The van der Waals surface area contributed by atoms with Crippen molar-refractivity contribution in [1.29, 1.82) is 0 Å². The van der Waals surface area contributed by atoms with Crippen molar-refractivity contribution in [3.8, 4) is 5.75 Å². The number of imidazole rings is 1. The molecule has 0 unspecified atom stereocenters. The van der Waals surface area contributed by atoms with Crippen LogP contribution in [0.4, 0.5) is 5.95 Å². The topological polar surface area (TPSA) is 172 Å². The molecule has 12 nitrogen and oxygen atoms in total. The van der Waals surface area contributed by atoms with Gasteiger partial charge in [-0.2, -0.15) is 4.98 Å². The van der Waals surface area contributed by atoms with Gasteiger partial charge >= 0.3 is 0 Å². The molecule has 0 aliphatic carbocycles. The molecule has 0 radical (unpaired) electrons. The quantitative estimate of drug-likeness (QED) is 0.291. The number of anilines is 1. The second-order valence-corrected chi connectivity index (χ2v) is 8.00. The van der Waals surface area contributed by atoms with Crippen LogP contribution in [0.1, 0.15) is 13.8 Å². The number of aliphatic hydroxyl groups excluding tert-OH is 3. The summed E-state index contributed by atoms with van der Waals surface area (Å²) >= 11 is 0. The predicted octanol–water partition coefficient (Wildman–Crippen LogP) is -0.646. The minimum absolute atomic E-state index is 0.0557. The number of aliphatic hydroxyl groups is 3. The fourth-order valence-electron chi connectivity index (χ4n) is 3.78. The fourth-order valence-corrected chi connectivity index (χ4v) is 3.78. The molecule has 0 saturated carbocycles. The summed E-state index contributed by atoms with van der Waals surface area (Å²) in [7, 11) is 0. The van der Waals surface area contributed by atoms with E-state index in [1.54, 1.807) is 30.3 Å². The van der Waals surface area contributed by atoms with Crippen molar-refractivity contribution >= 4 is 22.9 Å². The first kappa shape index (κ1) is 22.9. The molecule has 2 aromatic heterocycles. The van der Waals surface area contributed by atoms with Crippen LogP contribution >= 0.6 is 0 Å². The van der Waals surface area contributed by atoms with Crippen LogP contribution in [-0.4, -0.2) is 78.2 Å². The van der Waals surface area contributed by atoms with E-state index in [4.69, 9.17) is 9.47 Å². The summed E-state index contributed by atoms with van der Waals surface area (Å²) in [6.07, 6.45) is -3.54. The maximum Gasteiger partial charge on any atom is 0.280 e. The summed E-state index contributed by atoms with van der Waals surface area (Å²) in [5.74, 6) is -0.242. The molecule has 0 spiro atoms. The number of hydrogen-bond donors (Lipinski definition) is 5. The van der Waals surface area contributed by atoms with Gasteiger partial charge in [-0.15, -0.1) is 0 Å². The summed E-state index contributed by atoms with van der Waals surface area (Å²) in [5, 5.41) is 34.0. The molecule has 176 valence electrons. The normalized spacial score (nSPS) is 25.0. The number of H-pyrrole nitrogens is 1. The second-order valence-electron chi connectivity index (χ2n) is 8.00. The maximum atomic E-state index is 13.5. The van der Waals surface area contributed by atoms with E-state index >= 15 is 0 Å². The van der Waals surface area contributed by atoms with Gasteiger partial charge in [0.25, 0.3) is 5.56 Å². The lowest BCUT2D eigenvalue weighted by atomic mass is 9.98. The third-order valence-electron chi connectivity index (χ3n) is 5.32. The molecule has 1 saturated heterocycles. The van der Waals surface area contributed by atoms with Crippen molar-refractivity contribution in [2.45, 2.75) is 43.9 Å². The lowest BCUT2D eigenvalue weighted by molar-refractivity contribution is -0.175. The van der Waals surface area contributed by atoms with Crippen LogP contribution in [0.3, 0.4) is 0 Å². The fraction of sp³-hybridized carbons (Fsp3) is 0.429. The standard InChI is InChI=1S/C21H25N5O7/c1-11(2)23-20-24-18-15(19(31)25-20)22-10-26(18)21(17(30)16(29)13(8-27)33-21)14(28)9-32-12-6-4-3-5-7-12/h3-7,10-11,13,16-17,27,29-30H,8-9H2,1-2H3,(H2,23,24,25,31)/t13-,16-,17-,21-/m1/s1. The largest absolute Gasteiger partial charge is 0.486 e. The molecule has 33 heavy (non-hydrogen) atoms. The predicted molar refractivity (Wildman–Crippen MR) is 116 cm³/mol. The molecule has 3 aromatic rings. The number of fused-ring (bicyclic) bond motifs is 1. The Hall–Kier alpha value is -3.32. The number of ketones is 1. The Labute approximate surface area is 187 Å². The molecule has 0 amide bonds. The minimum atomic E-state index is -2.24. The first-order valence-electron chi connectivity index (χ1n) is 10.4. The number of carbonyl (C=O) groups is 1. The van der Waals surface area contributed by atoms with Gasteiger partial charge < -0.3 is 30.1 Å². The number of nitrogens with zero attached hydrogens (tertiary/aromatic N) is 3. The average molecular weight is 459 g/mol. The van der Waals surface area contributed by atoms with Gasteiger partial charge in [-0.3, -0.25) is 19.1 Å². The molecular formula is C21H25N5O7. The van der Waals surface area contributed by atoms with E-state index in [0.717, 1.165) is 10.9 Å². The van der Waals surface area contributed by atoms with Crippen LogP contribution in [-0.2, 0) is 15.3 Å². The van der Waals surface area contributed by atoms with E-state index in [1.807, 2.05) is 13.8 Å². The zero-order valence-corrected chi connectivity index (χ0v) is 18.0. The van der Waals surface area contributed by atoms with E-state index in [1.165, 1.54) is 0 Å². The van der Waals surface area contributed by atoms with Crippen molar-refractivity contribution < 1.29 is 29.6 Å². The van der Waals surface area contributed by atoms with Crippen molar-refractivity contribution in [2.75, 3.05) is 18.5 Å². The smallest absolute Gasteiger partial charge is 0.280 e. The summed E-state index contributed by atoms with van der Waals surface area (Å²) < 4.78 is 12.4. The lowest BCUT2D eigenvalue weighted by Crippen LogP contribution is -2.53. The number of aromatic nitrogens is 4. The van der Waals surface area contributed by atoms with Crippen LogP contribution in [0.2, 0.25) is 0 Å². The zero-order chi connectivity index (χ0) is 23.8. The number of para-hydroxylation sites is 1. The van der Waals surface area contributed by atoms with E-state index < -0.39 is 48.6 Å². The van der Waals surface area contributed by atoms with E-state index in [-0.39, 0.29) is 23.2 Å². The van der Waals surface area contributed by atoms with Crippen LogP contribution < -0.4 is 15.6 Å². The molecular weight excluding hydrogens is 434 g/mol. The van der Waals surface area contributed by atoms with Gasteiger partial charge in [0.05, 0.1) is 6.61 Å². The van der Waals surface area contributed by atoms with Crippen LogP contribution in [0.5, 0.6) is 5.75 Å². The summed E-state index contributed by atoms with van der Waals surface area (Å²) in [6, 6.07) is 8.47. The Morgan fingerprint density at radius 1 is 1.33 bits per heavy atom. The number of nitrogens with one attached hydrogen (secondary N) is 2. The summed E-state index contributed by atoms with van der Waals surface area (Å²) in [5.41, 5.74) is -2.97. The number of benzene rings is 1. The second kappa shape index (κ2) is 8.90. The van der Waals surface area contributed by atoms with E-state index in [0.29, 0.717) is 5.75 Å². The molecule has 1 aromatic carbocycles. The highest BCUT2D eigenvalue weighted by Crippen LogP contribution is 2.38. The first-order chi connectivity index (χ1) is 15.8. The Balaban J connectivity index is 1.82. The van der Waals surface area contributed by atoms with Gasteiger partial charge in [0, 0.05) is 6.04 Å². The van der Waals surface area contributed by atoms with Gasteiger partial charge in [0.1, 0.15) is 30.4 Å². The van der Waals surface area contributed by atoms with E-state index in [2.05, 4.69) is 20.3 Å². The highest BCUT2D eigenvalue weighted by atomic mass is 16.6. The molecule has 4 atom stereocenters. The number of ether oxygens (including phenoxy) is 2. The monoisotopic (exact) mass is 459 g/mol. The molecule has 4 rings (SSSR count). The van der Waals surface area contributed by atoms with Gasteiger partial charge in [-0.1, -0.05) is 18.2 Å². The van der Waals surface area contributed by atoms with Crippen molar-refractivity contribution in [3.05, 3.63) is 47.0 Å². The molecule has 3 heterocycles. The molecule has 1 aliphatic rings. The Morgan fingerprint density at radius 3 is 2.70 bits per heavy atom. The van der Waals surface area contributed by atoms with Crippen molar-refractivity contribution in [2.24, 2.45) is 0 Å². The summed E-state index contributed by atoms with van der Waals surface area (Å²) in [4.78, 5) is 37.0. The van der Waals surface area contributed by atoms with Gasteiger partial charge in [0.2, 0.25) is 17.5 Å². The number of carbonyl (C=O) groups excluding carboxylic acids is 1. The molecule has 1 fully saturated rings. The highest BCUT2D eigenvalue weighted by molar-refractivity contribution is 5.89. The van der Waals surface area contributed by atoms with Crippen molar-refractivity contribution in [1.82, 2.24) is 19.5 Å². The Morgan fingerprint density at radius 2 is 2.06 bits per heavy atom.